The Kier molecular flexibility index (Phi) is 7.01. The average molecular weight is 423 g/mol. The highest BCUT2D eigenvalue weighted by Crippen LogP contribution is 2.31. The molecule has 1 aliphatic rings. The molecule has 148 valence electrons. The Bertz CT molecular complexity index is 997. The molecular weight excluding hydrogens is 400 g/mol. The fraction of sp³-hybridized carbons (Fsp3) is 0.174. The molecule has 1 aliphatic heterocycles. The summed E-state index contributed by atoms with van der Waals surface area (Å²) in [5, 5.41) is 2.90. The van der Waals surface area contributed by atoms with Crippen LogP contribution in [0.5, 0.6) is 0 Å². The number of nitrogens with one attached hydrogen (secondary N) is 1. The van der Waals surface area contributed by atoms with E-state index in [2.05, 4.69) is 5.32 Å². The number of thiocarbonyl (C=S) groups is 1. The predicted molar refractivity (Wildman–Crippen MR) is 125 cm³/mol. The Morgan fingerprint density at radius 3 is 2.66 bits per heavy atom. The topological polar surface area (TPSA) is 49.4 Å². The monoisotopic (exact) mass is 422 g/mol. The van der Waals surface area contributed by atoms with Crippen molar-refractivity contribution < 1.29 is 9.59 Å². The summed E-state index contributed by atoms with van der Waals surface area (Å²) in [6.45, 7) is 4.23. The number of hydrogen-bond donors (Lipinski definition) is 1. The fourth-order valence-corrected chi connectivity index (χ4v) is 4.16. The molecule has 1 saturated heterocycles. The van der Waals surface area contributed by atoms with E-state index in [1.807, 2.05) is 74.5 Å². The Morgan fingerprint density at radius 1 is 1.17 bits per heavy atom. The van der Waals surface area contributed by atoms with Crippen LogP contribution < -0.4 is 5.32 Å². The predicted octanol–water partition coefficient (Wildman–Crippen LogP) is 5.09. The highest BCUT2D eigenvalue weighted by Gasteiger charge is 2.31. The maximum absolute atomic E-state index is 12.6. The molecule has 2 amide bonds. The Morgan fingerprint density at radius 2 is 1.93 bits per heavy atom. The summed E-state index contributed by atoms with van der Waals surface area (Å²) in [6, 6.07) is 15.7. The summed E-state index contributed by atoms with van der Waals surface area (Å²) in [6.07, 6.45) is 5.73. The van der Waals surface area contributed by atoms with Crippen LogP contribution in [0.3, 0.4) is 0 Å². The van der Waals surface area contributed by atoms with Gasteiger partial charge in [-0.15, -0.1) is 0 Å². The summed E-state index contributed by atoms with van der Waals surface area (Å²) in [5.74, 6) is -0.295. The molecule has 1 heterocycles. The van der Waals surface area contributed by atoms with Gasteiger partial charge < -0.3 is 5.32 Å². The lowest BCUT2D eigenvalue weighted by Crippen LogP contribution is -2.31. The van der Waals surface area contributed by atoms with Crippen LogP contribution in [0.1, 0.15) is 23.1 Å². The number of carbonyl (C=O) groups excluding carboxylic acids is 2. The van der Waals surface area contributed by atoms with Crippen molar-refractivity contribution in [2.45, 2.75) is 20.3 Å². The van der Waals surface area contributed by atoms with Crippen molar-refractivity contribution in [1.29, 1.82) is 0 Å². The molecule has 0 atom stereocenters. The van der Waals surface area contributed by atoms with Gasteiger partial charge in [0, 0.05) is 18.7 Å². The van der Waals surface area contributed by atoms with Crippen molar-refractivity contribution in [2.75, 3.05) is 11.9 Å². The third-order valence-corrected chi connectivity index (χ3v) is 5.82. The Hall–Kier alpha value is -2.70. The van der Waals surface area contributed by atoms with Crippen molar-refractivity contribution in [1.82, 2.24) is 4.90 Å². The van der Waals surface area contributed by atoms with Crippen LogP contribution in [0.25, 0.3) is 6.08 Å². The van der Waals surface area contributed by atoms with Crippen LogP contribution in [-0.2, 0) is 9.59 Å². The third kappa shape index (κ3) is 5.65. The van der Waals surface area contributed by atoms with Gasteiger partial charge in [-0.25, -0.2) is 0 Å². The molecule has 3 rings (SSSR count). The molecule has 0 unspecified atom stereocenters. The smallest absolute Gasteiger partial charge is 0.266 e. The number of hydrogen-bond acceptors (Lipinski definition) is 4. The van der Waals surface area contributed by atoms with Gasteiger partial charge in [-0.2, -0.15) is 0 Å². The third-order valence-electron chi connectivity index (χ3n) is 4.43. The van der Waals surface area contributed by atoms with E-state index in [-0.39, 0.29) is 24.8 Å². The van der Waals surface area contributed by atoms with Crippen LogP contribution >= 0.6 is 24.0 Å². The summed E-state index contributed by atoms with van der Waals surface area (Å²) in [5.41, 5.74) is 4.00. The molecule has 0 aromatic heterocycles. The van der Waals surface area contributed by atoms with E-state index in [0.717, 1.165) is 22.4 Å². The van der Waals surface area contributed by atoms with Crippen LogP contribution in [0.15, 0.2) is 65.6 Å². The Balaban J connectivity index is 1.56. The second-order valence-electron chi connectivity index (χ2n) is 6.74. The average Bonchev–Trinajstić information content (AvgIpc) is 2.96. The summed E-state index contributed by atoms with van der Waals surface area (Å²) in [4.78, 5) is 27.0. The van der Waals surface area contributed by atoms with Crippen molar-refractivity contribution in [3.05, 3.63) is 82.3 Å². The van der Waals surface area contributed by atoms with E-state index < -0.39 is 0 Å². The van der Waals surface area contributed by atoms with Crippen LogP contribution in [0.4, 0.5) is 5.69 Å². The minimum absolute atomic E-state index is 0.140. The van der Waals surface area contributed by atoms with E-state index in [9.17, 15) is 9.59 Å². The molecule has 2 aromatic carbocycles. The molecule has 0 bridgehead atoms. The van der Waals surface area contributed by atoms with E-state index in [0.29, 0.717) is 9.23 Å². The van der Waals surface area contributed by atoms with Gasteiger partial charge in [0.2, 0.25) is 5.91 Å². The zero-order valence-electron chi connectivity index (χ0n) is 16.3. The number of anilines is 1. The second-order valence-corrected chi connectivity index (χ2v) is 8.42. The van der Waals surface area contributed by atoms with Gasteiger partial charge in [-0.05, 0) is 37.1 Å². The molecule has 1 fully saturated rings. The molecule has 0 saturated carbocycles. The first-order valence-electron chi connectivity index (χ1n) is 9.28. The standard InChI is InChI=1S/C23H22N2O2S2/c1-16-11-12-19(17(2)15-16)24-21(26)13-14-25-22(27)20(29-23(25)28)10-6-9-18-7-4-3-5-8-18/h3-12,15H,13-14H2,1-2H3,(H,24,26)/b9-6+,20-10-. The first-order chi connectivity index (χ1) is 13.9. The zero-order chi connectivity index (χ0) is 20.8. The van der Waals surface area contributed by atoms with Gasteiger partial charge in [0.25, 0.3) is 5.91 Å². The van der Waals surface area contributed by atoms with E-state index in [1.54, 1.807) is 6.08 Å². The summed E-state index contributed by atoms with van der Waals surface area (Å²) >= 11 is 6.59. The van der Waals surface area contributed by atoms with Gasteiger partial charge in [0.15, 0.2) is 0 Å². The van der Waals surface area contributed by atoms with Crippen LogP contribution in [-0.4, -0.2) is 27.6 Å². The summed E-state index contributed by atoms with van der Waals surface area (Å²) < 4.78 is 0.480. The fourth-order valence-electron chi connectivity index (χ4n) is 2.90. The van der Waals surface area contributed by atoms with E-state index in [1.165, 1.54) is 16.7 Å². The van der Waals surface area contributed by atoms with Crippen LogP contribution in [0, 0.1) is 13.8 Å². The van der Waals surface area contributed by atoms with Crippen molar-refractivity contribution >= 4 is 51.9 Å². The molecule has 1 N–H and O–H groups in total. The highest BCUT2D eigenvalue weighted by molar-refractivity contribution is 8.26. The Labute approximate surface area is 180 Å². The maximum atomic E-state index is 12.6. The minimum atomic E-state index is -0.156. The molecule has 6 heteroatoms. The lowest BCUT2D eigenvalue weighted by molar-refractivity contribution is -0.122. The van der Waals surface area contributed by atoms with E-state index >= 15 is 0 Å². The minimum Gasteiger partial charge on any atom is -0.326 e. The van der Waals surface area contributed by atoms with Gasteiger partial charge in [0.1, 0.15) is 4.32 Å². The molecule has 0 radical (unpaired) electrons. The number of carbonyl (C=O) groups is 2. The quantitative estimate of drug-likeness (QED) is 0.520. The number of thioether (sulfide) groups is 1. The van der Waals surface area contributed by atoms with Crippen molar-refractivity contribution in [3.63, 3.8) is 0 Å². The van der Waals surface area contributed by atoms with Gasteiger partial charge in [0.05, 0.1) is 4.91 Å². The number of rotatable bonds is 6. The number of allylic oxidation sites excluding steroid dienone is 2. The normalized spacial score (nSPS) is 15.5. The number of nitrogens with zero attached hydrogens (tertiary/aromatic N) is 1. The highest BCUT2D eigenvalue weighted by atomic mass is 32.2. The molecular formula is C23H22N2O2S2. The zero-order valence-corrected chi connectivity index (χ0v) is 18.0. The first kappa shape index (κ1) is 21.0. The van der Waals surface area contributed by atoms with Crippen molar-refractivity contribution in [3.8, 4) is 0 Å². The first-order valence-corrected chi connectivity index (χ1v) is 10.5. The van der Waals surface area contributed by atoms with Gasteiger partial charge in [-0.1, -0.05) is 84.2 Å². The molecule has 0 aliphatic carbocycles. The number of amides is 2. The molecule has 29 heavy (non-hydrogen) atoms. The van der Waals surface area contributed by atoms with Gasteiger partial charge in [-0.3, -0.25) is 14.5 Å². The van der Waals surface area contributed by atoms with Crippen molar-refractivity contribution in [2.24, 2.45) is 0 Å². The number of aryl methyl sites for hydroxylation is 2. The van der Waals surface area contributed by atoms with Crippen LogP contribution in [0.2, 0.25) is 0 Å². The number of benzene rings is 2. The molecule has 2 aromatic rings. The lowest BCUT2D eigenvalue weighted by Gasteiger charge is -2.14. The largest absolute Gasteiger partial charge is 0.326 e. The van der Waals surface area contributed by atoms with E-state index in [4.69, 9.17) is 12.2 Å². The second kappa shape index (κ2) is 9.67. The summed E-state index contributed by atoms with van der Waals surface area (Å²) in [7, 11) is 0. The molecule has 4 nitrogen and oxygen atoms in total. The SMILES string of the molecule is Cc1ccc(NC(=O)CCN2C(=O)/C(=C/C=C/c3ccccc3)SC2=S)c(C)c1. The lowest BCUT2D eigenvalue weighted by atomic mass is 10.1. The molecule has 0 spiro atoms. The maximum Gasteiger partial charge on any atom is 0.266 e. The van der Waals surface area contributed by atoms with Gasteiger partial charge >= 0.3 is 0 Å².